The van der Waals surface area contributed by atoms with Gasteiger partial charge in [-0.3, -0.25) is 75.5 Å². The number of aryl methyl sites for hydroxylation is 1. The van der Waals surface area contributed by atoms with Crippen LogP contribution < -0.4 is 45.2 Å². The van der Waals surface area contributed by atoms with Gasteiger partial charge in [0, 0.05) is 61.4 Å². The maximum atomic E-state index is 13.1. The molecule has 8 unspecified atom stereocenters. The van der Waals surface area contributed by atoms with Crippen LogP contribution in [0.15, 0.2) is 146 Å². The molecule has 4 aromatic carbocycles. The number of fused-ring (bicyclic) bond motifs is 4. The Balaban J connectivity index is 0.000000135. The highest BCUT2D eigenvalue weighted by Gasteiger charge is 2.39. The molecule has 12 heterocycles. The van der Waals surface area contributed by atoms with E-state index in [0.717, 1.165) is 32.3 Å². The number of H-pyrrole nitrogens is 4. The zero-order valence-corrected chi connectivity index (χ0v) is 67.7. The molecule has 8 aromatic heterocycles. The van der Waals surface area contributed by atoms with Gasteiger partial charge in [0.05, 0.1) is 103 Å². The number of hydrogen-bond acceptors (Lipinski definition) is 32. The zero-order chi connectivity index (χ0) is 81.7. The highest BCUT2D eigenvalue weighted by atomic mass is 79.9. The summed E-state index contributed by atoms with van der Waals surface area (Å²) in [5, 5.41) is 0.623. The molecule has 0 spiro atoms. The maximum absolute atomic E-state index is 13.1. The van der Waals surface area contributed by atoms with Gasteiger partial charge in [0.1, 0.15) is 31.2 Å². The number of rotatable bonds is 24. The average molecular weight is 1770 g/mol. The van der Waals surface area contributed by atoms with Crippen molar-refractivity contribution in [3.8, 4) is 0 Å². The molecule has 12 aromatic rings. The summed E-state index contributed by atoms with van der Waals surface area (Å²) in [5.41, 5.74) is 27.5. The summed E-state index contributed by atoms with van der Waals surface area (Å²) in [7, 11) is -13.6. The minimum Gasteiger partial charge on any atom is -0.369 e. The number of imidazole rings is 4. The van der Waals surface area contributed by atoms with Crippen LogP contribution in [-0.2, 0) is 99.6 Å². The van der Waals surface area contributed by atoms with Crippen LogP contribution in [-0.4, -0.2) is 156 Å². The monoisotopic (exact) mass is 1760 g/mol. The molecular formula is C69H79BrClFN20O20P4. The molecule has 0 saturated carbocycles. The first-order chi connectivity index (χ1) is 55.7. The van der Waals surface area contributed by atoms with Crippen LogP contribution in [0.4, 0.5) is 28.2 Å². The summed E-state index contributed by atoms with van der Waals surface area (Å²) in [4.78, 5) is 89.2. The van der Waals surface area contributed by atoms with Crippen LogP contribution in [0.2, 0.25) is 5.02 Å². The van der Waals surface area contributed by atoms with Gasteiger partial charge in [-0.15, -0.1) is 0 Å². The van der Waals surface area contributed by atoms with Crippen molar-refractivity contribution in [2.24, 2.45) is 0 Å². The Morgan fingerprint density at radius 2 is 0.672 bits per heavy atom. The van der Waals surface area contributed by atoms with Crippen molar-refractivity contribution in [3.63, 3.8) is 0 Å². The number of nitrogens with two attached hydrogens (primary N) is 4. The van der Waals surface area contributed by atoms with Crippen molar-refractivity contribution in [1.82, 2.24) is 78.1 Å². The third kappa shape index (κ3) is 21.9. The standard InChI is InChI=1S/C18H22N5O5P.C17H19BrN5O5P.C17H19ClN5O5P.C17H19FN5O5P/c1-12-2-4-13(5-3-12)14-6-8-27-29(25,28-14)11-26-9-7-23-10-20-15-16(23)21-18(19)22-17(15)24;3*18-12-3-1-11(2-4-12)13-5-7-27-29(25,28-13)10-26-8-6-23-9-20-14-15(23)21-17(19)22-16(14)24/h2-5,10,14H,6-9,11H2,1H3,(H3,19,21,22,24);3*1-4,9,13H,5-8,10H2,(H3,19,21,22,24). The first-order valence-electron chi connectivity index (χ1n) is 35.9. The predicted molar refractivity (Wildman–Crippen MR) is 425 cm³/mol. The van der Waals surface area contributed by atoms with E-state index in [1.165, 1.54) is 37.4 Å². The fraction of sp³-hybridized carbons (Fsp3) is 0.362. The first-order valence-corrected chi connectivity index (χ1v) is 44.0. The summed E-state index contributed by atoms with van der Waals surface area (Å²) in [5.74, 6) is -0.326. The molecule has 16 rings (SSSR count). The van der Waals surface area contributed by atoms with E-state index in [1.807, 2.05) is 67.6 Å². The Labute approximate surface area is 670 Å². The normalized spacial score (nSPS) is 22.2. The number of nitrogen functional groups attached to an aromatic ring is 4. The Hall–Kier alpha value is -9.38. The van der Waals surface area contributed by atoms with Crippen LogP contribution >= 0.6 is 57.9 Å². The van der Waals surface area contributed by atoms with E-state index in [0.29, 0.717) is 99.3 Å². The molecule has 616 valence electrons. The highest BCUT2D eigenvalue weighted by molar-refractivity contribution is 9.10. The number of nitrogens with zero attached hydrogens (tertiary/aromatic N) is 12. The smallest absolute Gasteiger partial charge is 0.356 e. The van der Waals surface area contributed by atoms with Gasteiger partial charge >= 0.3 is 30.4 Å². The summed E-state index contributed by atoms with van der Waals surface area (Å²) in [6.45, 7) is 5.39. The molecule has 0 amide bonds. The van der Waals surface area contributed by atoms with Crippen LogP contribution in [0.25, 0.3) is 44.7 Å². The number of nitrogens with one attached hydrogen (secondary N) is 4. The van der Waals surface area contributed by atoms with Crippen molar-refractivity contribution < 1.29 is 77.8 Å². The number of benzene rings is 4. The van der Waals surface area contributed by atoms with Gasteiger partial charge in [0.2, 0.25) is 23.8 Å². The van der Waals surface area contributed by atoms with Crippen LogP contribution in [0.5, 0.6) is 0 Å². The largest absolute Gasteiger partial charge is 0.369 e. The molecule has 8 atom stereocenters. The number of aromatic amines is 4. The molecule has 40 nitrogen and oxygen atoms in total. The molecule has 12 N–H and O–H groups in total. The van der Waals surface area contributed by atoms with Gasteiger partial charge in [0.15, 0.2) is 44.7 Å². The molecular weight excluding hydrogens is 1690 g/mol. The molecule has 4 fully saturated rings. The Kier molecular flexibility index (Phi) is 27.6. The Morgan fingerprint density at radius 1 is 0.422 bits per heavy atom. The van der Waals surface area contributed by atoms with Crippen molar-refractivity contribution in [2.45, 2.75) is 83.2 Å². The average Bonchev–Trinajstić information content (AvgIpc) is 1.77. The fourth-order valence-electron chi connectivity index (χ4n) is 12.2. The lowest BCUT2D eigenvalue weighted by Gasteiger charge is -2.30. The van der Waals surface area contributed by atoms with E-state index in [9.17, 15) is 41.8 Å². The van der Waals surface area contributed by atoms with Gasteiger partial charge in [-0.05, 0) is 65.6 Å². The third-order valence-electron chi connectivity index (χ3n) is 17.9. The van der Waals surface area contributed by atoms with Crippen LogP contribution in [0.1, 0.15) is 77.9 Å². The van der Waals surface area contributed by atoms with Crippen molar-refractivity contribution >= 4 is 126 Å². The lowest BCUT2D eigenvalue weighted by Crippen LogP contribution is -2.17. The zero-order valence-electron chi connectivity index (χ0n) is 61.8. The van der Waals surface area contributed by atoms with Gasteiger partial charge in [-0.1, -0.05) is 93.8 Å². The van der Waals surface area contributed by atoms with Gasteiger partial charge in [-0.25, -0.2) is 24.3 Å². The van der Waals surface area contributed by atoms with Crippen molar-refractivity contribution in [1.29, 1.82) is 0 Å². The summed E-state index contributed by atoms with van der Waals surface area (Å²) in [6.07, 6.45) is 6.15. The molecule has 0 bridgehead atoms. The van der Waals surface area contributed by atoms with Gasteiger partial charge < -0.3 is 78.2 Å². The second-order valence-electron chi connectivity index (χ2n) is 26.3. The van der Waals surface area contributed by atoms with E-state index in [-0.39, 0.29) is 128 Å². The lowest BCUT2D eigenvalue weighted by atomic mass is 10.1. The van der Waals surface area contributed by atoms with Crippen LogP contribution in [0.3, 0.4) is 0 Å². The number of halogens is 3. The van der Waals surface area contributed by atoms with E-state index in [1.54, 1.807) is 42.5 Å². The van der Waals surface area contributed by atoms with Crippen molar-refractivity contribution in [3.05, 3.63) is 207 Å². The lowest BCUT2D eigenvalue weighted by molar-refractivity contribution is 0.0559. The second kappa shape index (κ2) is 37.9. The molecule has 4 aliphatic rings. The number of hydrogen-bond donors (Lipinski definition) is 8. The maximum Gasteiger partial charge on any atom is 0.356 e. The van der Waals surface area contributed by atoms with E-state index in [2.05, 4.69) is 75.7 Å². The SMILES string of the molecule is Cc1ccc(C2CCOP(=O)(COCCn3cnc4c(=O)[nH]c(N)nc43)O2)cc1.Nc1nc2c(ncn2CCOCP2(=O)OCCC(c3ccc(Br)cc3)O2)c(=O)[nH]1.Nc1nc2c(ncn2CCOCP2(=O)OCCC(c3ccc(Cl)cc3)O2)c(=O)[nH]1.Nc1nc2c(ncn2CCOCP2(=O)OCCC(c3ccc(F)cc3)O2)c(=O)[nH]1. The van der Waals surface area contributed by atoms with E-state index in [4.69, 9.17) is 89.7 Å². The molecule has 0 radical (unpaired) electrons. The minimum atomic E-state index is -3.45. The first kappa shape index (κ1) is 84.5. The molecule has 0 aliphatic carbocycles. The molecule has 116 heavy (non-hydrogen) atoms. The quantitative estimate of drug-likeness (QED) is 0.0206. The number of aromatic nitrogens is 16. The van der Waals surface area contributed by atoms with E-state index < -0.39 is 58.7 Å². The molecule has 4 aliphatic heterocycles. The summed E-state index contributed by atoms with van der Waals surface area (Å²) in [6, 6.07) is 28.7. The van der Waals surface area contributed by atoms with Gasteiger partial charge in [0.25, 0.3) is 22.2 Å². The minimum absolute atomic E-state index is 0.00634. The fourth-order valence-corrected chi connectivity index (χ4v) is 18.8. The highest BCUT2D eigenvalue weighted by Crippen LogP contribution is 2.59. The predicted octanol–water partition coefficient (Wildman–Crippen LogP) is 10.1. The third-order valence-corrected chi connectivity index (χ3v) is 25.3. The van der Waals surface area contributed by atoms with E-state index >= 15 is 0 Å². The summed E-state index contributed by atoms with van der Waals surface area (Å²) < 4.78 is 138. The Morgan fingerprint density at radius 3 is 0.948 bits per heavy atom. The topological polar surface area (TPSA) is 537 Å². The van der Waals surface area contributed by atoms with Crippen molar-refractivity contribution in [2.75, 3.05) is 101 Å². The molecule has 47 heteroatoms. The summed E-state index contributed by atoms with van der Waals surface area (Å²) >= 11 is 9.31. The Bertz CT molecular complexity index is 5170. The van der Waals surface area contributed by atoms with Gasteiger partial charge in [-0.2, -0.15) is 19.9 Å². The molecule has 4 saturated heterocycles. The van der Waals surface area contributed by atoms with Crippen LogP contribution in [0, 0.1) is 12.7 Å². The number of ether oxygens (including phenoxy) is 4. The number of anilines is 4. The second-order valence-corrected chi connectivity index (χ2v) is 35.4.